The Bertz CT molecular complexity index is 895. The van der Waals surface area contributed by atoms with Crippen molar-refractivity contribution in [3.8, 4) is 0 Å². The summed E-state index contributed by atoms with van der Waals surface area (Å²) in [7, 11) is 0. The number of carbonyl (C=O) groups is 6. The van der Waals surface area contributed by atoms with Gasteiger partial charge in [-0.1, -0.05) is 0 Å². The van der Waals surface area contributed by atoms with E-state index in [0.717, 1.165) is 0 Å². The highest BCUT2D eigenvalue weighted by atomic mass is 32.1. The zero-order valence-corrected chi connectivity index (χ0v) is 18.8. The van der Waals surface area contributed by atoms with E-state index in [-0.39, 0.29) is 25.0 Å². The van der Waals surface area contributed by atoms with Crippen LogP contribution < -0.4 is 27.4 Å². The van der Waals surface area contributed by atoms with Gasteiger partial charge >= 0.3 is 11.9 Å². The average Bonchev–Trinajstić information content (AvgIpc) is 3.27. The molecule has 4 atom stereocenters. The fourth-order valence-corrected chi connectivity index (χ4v) is 2.91. The van der Waals surface area contributed by atoms with E-state index in [4.69, 9.17) is 16.6 Å². The molecule has 0 saturated carbocycles. The van der Waals surface area contributed by atoms with E-state index >= 15 is 0 Å². The van der Waals surface area contributed by atoms with Crippen LogP contribution >= 0.6 is 12.6 Å². The van der Waals surface area contributed by atoms with Gasteiger partial charge in [0.1, 0.15) is 18.1 Å². The molecule has 1 rings (SSSR count). The molecular formula is C18H27N7O8S. The molecule has 0 saturated heterocycles. The number of aromatic amines is 1. The van der Waals surface area contributed by atoms with Gasteiger partial charge < -0.3 is 42.6 Å². The lowest BCUT2D eigenvalue weighted by atomic mass is 10.1. The number of hydrogen-bond donors (Lipinski definition) is 9. The second-order valence-corrected chi connectivity index (χ2v) is 7.56. The zero-order valence-electron chi connectivity index (χ0n) is 17.9. The predicted molar refractivity (Wildman–Crippen MR) is 118 cm³/mol. The first-order chi connectivity index (χ1) is 15.9. The van der Waals surface area contributed by atoms with Crippen LogP contribution in [0.4, 0.5) is 0 Å². The third-order valence-electron chi connectivity index (χ3n) is 4.45. The number of hydrogen-bond acceptors (Lipinski definition) is 9. The molecule has 10 N–H and O–H groups in total. The number of aromatic nitrogens is 2. The van der Waals surface area contributed by atoms with E-state index in [2.05, 4.69) is 38.5 Å². The van der Waals surface area contributed by atoms with Gasteiger partial charge in [0, 0.05) is 30.5 Å². The number of rotatable bonds is 15. The molecule has 4 amide bonds. The minimum absolute atomic E-state index is 0.133. The van der Waals surface area contributed by atoms with Crippen molar-refractivity contribution in [2.45, 2.75) is 49.9 Å². The molecule has 16 heteroatoms. The summed E-state index contributed by atoms with van der Waals surface area (Å²) in [4.78, 5) is 77.3. The SMILES string of the molecule is NC(=O)CC(NC(=O)C(Cc1cnc[nH]1)NC(=O)C(CS)NC(=O)C(N)CCC(=O)O)C(=O)O. The smallest absolute Gasteiger partial charge is 0.326 e. The van der Waals surface area contributed by atoms with Gasteiger partial charge in [-0.25, -0.2) is 9.78 Å². The van der Waals surface area contributed by atoms with Crippen molar-refractivity contribution in [3.05, 3.63) is 18.2 Å². The van der Waals surface area contributed by atoms with Crippen LogP contribution in [0, 0.1) is 0 Å². The molecule has 0 fully saturated rings. The van der Waals surface area contributed by atoms with E-state index in [1.54, 1.807) is 0 Å². The van der Waals surface area contributed by atoms with Crippen molar-refractivity contribution in [2.24, 2.45) is 11.5 Å². The largest absolute Gasteiger partial charge is 0.481 e. The Kier molecular flexibility index (Phi) is 11.5. The summed E-state index contributed by atoms with van der Waals surface area (Å²) < 4.78 is 0. The number of carbonyl (C=O) groups excluding carboxylic acids is 4. The first-order valence-electron chi connectivity index (χ1n) is 9.92. The van der Waals surface area contributed by atoms with Crippen molar-refractivity contribution in [1.29, 1.82) is 0 Å². The van der Waals surface area contributed by atoms with Gasteiger partial charge in [0.05, 0.1) is 18.8 Å². The molecule has 0 aromatic carbocycles. The van der Waals surface area contributed by atoms with Gasteiger partial charge in [0.25, 0.3) is 0 Å². The molecule has 15 nitrogen and oxygen atoms in total. The lowest BCUT2D eigenvalue weighted by Crippen LogP contribution is -2.58. The summed E-state index contributed by atoms with van der Waals surface area (Å²) in [5.41, 5.74) is 11.1. The van der Waals surface area contributed by atoms with Gasteiger partial charge in [-0.15, -0.1) is 0 Å². The van der Waals surface area contributed by atoms with Gasteiger partial charge in [-0.05, 0) is 6.42 Å². The van der Waals surface area contributed by atoms with Crippen molar-refractivity contribution >= 4 is 48.2 Å². The Morgan fingerprint density at radius 3 is 2.09 bits per heavy atom. The molecule has 1 heterocycles. The fraction of sp³-hybridized carbons (Fsp3) is 0.500. The summed E-state index contributed by atoms with van der Waals surface area (Å²) in [5, 5.41) is 24.8. The molecule has 1 aromatic rings. The number of primary amides is 1. The topological polar surface area (TPSA) is 260 Å². The number of nitrogens with one attached hydrogen (secondary N) is 4. The molecule has 0 bridgehead atoms. The normalized spacial score (nSPS) is 14.2. The van der Waals surface area contributed by atoms with Crippen LogP contribution in [-0.2, 0) is 35.2 Å². The molecule has 0 spiro atoms. The number of imidazole rings is 1. The predicted octanol–water partition coefficient (Wildman–Crippen LogP) is -3.51. The Morgan fingerprint density at radius 1 is 1.00 bits per heavy atom. The Balaban J connectivity index is 2.93. The Morgan fingerprint density at radius 2 is 1.59 bits per heavy atom. The fourth-order valence-electron chi connectivity index (χ4n) is 2.65. The van der Waals surface area contributed by atoms with Crippen LogP contribution in [-0.4, -0.2) is 85.7 Å². The molecule has 0 aliphatic rings. The maximum atomic E-state index is 12.7. The number of carboxylic acids is 2. The first-order valence-corrected chi connectivity index (χ1v) is 10.6. The van der Waals surface area contributed by atoms with Crippen molar-refractivity contribution in [1.82, 2.24) is 25.9 Å². The van der Waals surface area contributed by atoms with Crippen LogP contribution in [0.15, 0.2) is 12.5 Å². The number of H-pyrrole nitrogens is 1. The molecule has 0 radical (unpaired) electrons. The molecule has 1 aromatic heterocycles. The molecule has 0 aliphatic carbocycles. The maximum Gasteiger partial charge on any atom is 0.326 e. The molecule has 4 unspecified atom stereocenters. The third kappa shape index (κ3) is 9.86. The second-order valence-electron chi connectivity index (χ2n) is 7.19. The lowest BCUT2D eigenvalue weighted by Gasteiger charge is -2.24. The van der Waals surface area contributed by atoms with Gasteiger partial charge in [-0.3, -0.25) is 24.0 Å². The highest BCUT2D eigenvalue weighted by Crippen LogP contribution is 2.03. The van der Waals surface area contributed by atoms with E-state index in [1.807, 2.05) is 0 Å². The van der Waals surface area contributed by atoms with Crippen LogP contribution in [0.3, 0.4) is 0 Å². The van der Waals surface area contributed by atoms with Crippen molar-refractivity contribution in [2.75, 3.05) is 5.75 Å². The van der Waals surface area contributed by atoms with Gasteiger partial charge in [0.15, 0.2) is 0 Å². The number of aliphatic carboxylic acids is 2. The molecular weight excluding hydrogens is 474 g/mol. The monoisotopic (exact) mass is 501 g/mol. The van der Waals surface area contributed by atoms with E-state index in [1.165, 1.54) is 12.5 Å². The van der Waals surface area contributed by atoms with Crippen molar-refractivity contribution < 1.29 is 39.0 Å². The summed E-state index contributed by atoms with van der Waals surface area (Å²) in [5.74, 6) is -6.36. The quantitative estimate of drug-likeness (QED) is 0.107. The summed E-state index contributed by atoms with van der Waals surface area (Å²) in [6, 6.07) is -5.40. The molecule has 34 heavy (non-hydrogen) atoms. The van der Waals surface area contributed by atoms with Gasteiger partial charge in [0.2, 0.25) is 23.6 Å². The van der Waals surface area contributed by atoms with E-state index in [9.17, 15) is 33.9 Å². The maximum absolute atomic E-state index is 12.7. The first kappa shape index (κ1) is 28.4. The number of thiol groups is 1. The summed E-state index contributed by atoms with van der Waals surface area (Å²) >= 11 is 4.01. The van der Waals surface area contributed by atoms with Crippen LogP contribution in [0.1, 0.15) is 25.0 Å². The Hall–Kier alpha value is -3.66. The minimum atomic E-state index is -1.63. The Labute approximate surface area is 198 Å². The highest BCUT2D eigenvalue weighted by molar-refractivity contribution is 7.80. The minimum Gasteiger partial charge on any atom is -0.481 e. The standard InChI is InChI=1S/C18H27N7O8S/c19-9(1-2-14(27)28)15(29)25-12(6-34)17(31)23-10(3-8-5-21-7-22-8)16(30)24-11(18(32)33)4-13(20)26/h5,7,9-12,34H,1-4,6,19H2,(H2,20,26)(H,21,22)(H,23,31)(H,24,30)(H,25,29)(H,27,28)(H,32,33). The summed E-state index contributed by atoms with van der Waals surface area (Å²) in [6.07, 6.45) is 1.39. The lowest BCUT2D eigenvalue weighted by molar-refractivity contribution is -0.143. The number of amides is 4. The van der Waals surface area contributed by atoms with E-state index in [0.29, 0.717) is 5.69 Å². The van der Waals surface area contributed by atoms with Crippen LogP contribution in [0.25, 0.3) is 0 Å². The number of carboxylic acid groups (broad SMARTS) is 2. The van der Waals surface area contributed by atoms with Crippen LogP contribution in [0.2, 0.25) is 0 Å². The van der Waals surface area contributed by atoms with Gasteiger partial charge in [-0.2, -0.15) is 12.6 Å². The van der Waals surface area contributed by atoms with E-state index < -0.39 is 66.2 Å². The average molecular weight is 502 g/mol. The number of nitrogens with zero attached hydrogens (tertiary/aromatic N) is 1. The summed E-state index contributed by atoms with van der Waals surface area (Å²) in [6.45, 7) is 0. The third-order valence-corrected chi connectivity index (χ3v) is 4.82. The highest BCUT2D eigenvalue weighted by Gasteiger charge is 2.31. The molecule has 0 aliphatic heterocycles. The van der Waals surface area contributed by atoms with Crippen LogP contribution in [0.5, 0.6) is 0 Å². The second kappa shape index (κ2) is 13.8. The van der Waals surface area contributed by atoms with Crippen molar-refractivity contribution in [3.63, 3.8) is 0 Å². The number of nitrogens with two attached hydrogens (primary N) is 2. The molecule has 188 valence electrons. The zero-order chi connectivity index (χ0) is 25.8.